The number of hydrogen-bond acceptors (Lipinski definition) is 3. The number of hydrogen-bond donors (Lipinski definition) is 0. The van der Waals surface area contributed by atoms with Gasteiger partial charge in [0.05, 0.1) is 7.11 Å². The Balaban J connectivity index is 2.83. The smallest absolute Gasteiger partial charge is 0.356 e. The molecule has 0 saturated carbocycles. The number of methoxy groups -OCH3 is 1. The van der Waals surface area contributed by atoms with Crippen LogP contribution in [0.4, 0.5) is 0 Å². The molecule has 4 nitrogen and oxygen atoms in total. The summed E-state index contributed by atoms with van der Waals surface area (Å²) in [6.45, 7) is 0. The van der Waals surface area contributed by atoms with Gasteiger partial charge in [-0.15, -0.1) is 11.6 Å². The second kappa shape index (κ2) is 3.49. The fraction of sp³-hybridized carbons (Fsp3) is 0.286. The number of esters is 1. The minimum absolute atomic E-state index is 0.0144. The maximum Gasteiger partial charge on any atom is 0.356 e. The number of halogens is 1. The zero-order valence-electron chi connectivity index (χ0n) is 6.28. The number of amides is 1. The molecule has 12 heavy (non-hydrogen) atoms. The minimum Gasteiger partial charge on any atom is -0.464 e. The number of nitrogens with zero attached hydrogens (tertiary/aromatic N) is 1. The number of rotatable bonds is 1. The van der Waals surface area contributed by atoms with E-state index in [1.807, 2.05) is 0 Å². The lowest BCUT2D eigenvalue weighted by Crippen LogP contribution is -2.22. The maximum atomic E-state index is 10.8. The van der Waals surface area contributed by atoms with Gasteiger partial charge in [-0.25, -0.2) is 9.79 Å². The third-order valence-electron chi connectivity index (χ3n) is 1.28. The number of carbonyl (C=O) groups is 2. The van der Waals surface area contributed by atoms with Crippen LogP contribution in [0.25, 0.3) is 0 Å². The first-order valence-corrected chi connectivity index (χ1v) is 3.62. The molecule has 1 heterocycles. The molecule has 0 aromatic heterocycles. The van der Waals surface area contributed by atoms with E-state index >= 15 is 0 Å². The first-order valence-electron chi connectivity index (χ1n) is 3.18. The highest BCUT2D eigenvalue weighted by Gasteiger charge is 2.20. The first-order chi connectivity index (χ1) is 5.65. The van der Waals surface area contributed by atoms with E-state index in [-0.39, 0.29) is 5.71 Å². The number of carbonyl (C=O) groups excluding carboxylic acids is 2. The van der Waals surface area contributed by atoms with E-state index in [9.17, 15) is 9.59 Å². The van der Waals surface area contributed by atoms with Gasteiger partial charge in [-0.05, 0) is 6.08 Å². The third kappa shape index (κ3) is 1.71. The number of ether oxygens (including phenoxy) is 1. The van der Waals surface area contributed by atoms with Crippen LogP contribution in [0.3, 0.4) is 0 Å². The van der Waals surface area contributed by atoms with Crippen LogP contribution in [-0.4, -0.2) is 30.1 Å². The Morgan fingerprint density at radius 2 is 2.42 bits per heavy atom. The van der Waals surface area contributed by atoms with Gasteiger partial charge >= 0.3 is 5.97 Å². The molecule has 1 aliphatic heterocycles. The molecule has 1 rings (SSSR count). The largest absolute Gasteiger partial charge is 0.464 e. The van der Waals surface area contributed by atoms with Gasteiger partial charge in [0.25, 0.3) is 5.91 Å². The van der Waals surface area contributed by atoms with Crippen molar-refractivity contribution in [2.75, 3.05) is 7.11 Å². The lowest BCUT2D eigenvalue weighted by molar-refractivity contribution is -0.133. The molecule has 1 aliphatic rings. The van der Waals surface area contributed by atoms with Gasteiger partial charge < -0.3 is 4.74 Å². The standard InChI is InChI=1S/C7H6ClNO3/c1-12-7(11)5-3-2-4(8)6(10)9-5/h2-4H,1H3. The summed E-state index contributed by atoms with van der Waals surface area (Å²) in [5, 5.41) is -0.765. The van der Waals surface area contributed by atoms with Crippen LogP contribution < -0.4 is 0 Å². The van der Waals surface area contributed by atoms with E-state index in [2.05, 4.69) is 9.73 Å². The molecule has 0 saturated heterocycles. The summed E-state index contributed by atoms with van der Waals surface area (Å²) in [7, 11) is 1.22. The van der Waals surface area contributed by atoms with Crippen LogP contribution >= 0.6 is 11.6 Å². The Bertz CT molecular complexity index is 280. The molecule has 0 aliphatic carbocycles. The van der Waals surface area contributed by atoms with Gasteiger partial charge in [0.1, 0.15) is 5.38 Å². The molecular weight excluding hydrogens is 182 g/mol. The van der Waals surface area contributed by atoms with Crippen LogP contribution in [0.15, 0.2) is 17.1 Å². The molecule has 0 radical (unpaired) electrons. The zero-order valence-corrected chi connectivity index (χ0v) is 7.04. The van der Waals surface area contributed by atoms with E-state index in [4.69, 9.17) is 11.6 Å². The van der Waals surface area contributed by atoms with Crippen LogP contribution in [-0.2, 0) is 14.3 Å². The van der Waals surface area contributed by atoms with Crippen molar-refractivity contribution in [2.24, 2.45) is 4.99 Å². The van der Waals surface area contributed by atoms with E-state index < -0.39 is 17.3 Å². The highest BCUT2D eigenvalue weighted by atomic mass is 35.5. The Kier molecular flexibility index (Phi) is 2.60. The van der Waals surface area contributed by atoms with Crippen LogP contribution in [0.2, 0.25) is 0 Å². The molecule has 0 fully saturated rings. The topological polar surface area (TPSA) is 55.7 Å². The van der Waals surface area contributed by atoms with Crippen LogP contribution in [0.1, 0.15) is 0 Å². The summed E-state index contributed by atoms with van der Waals surface area (Å²) >= 11 is 5.48. The van der Waals surface area contributed by atoms with Crippen LogP contribution in [0.5, 0.6) is 0 Å². The predicted octanol–water partition coefficient (Wildman–Crippen LogP) is 0.304. The fourth-order valence-corrected chi connectivity index (χ4v) is 0.815. The number of alkyl halides is 1. The van der Waals surface area contributed by atoms with Crippen molar-refractivity contribution in [2.45, 2.75) is 5.38 Å². The normalized spacial score (nSPS) is 22.0. The van der Waals surface area contributed by atoms with E-state index in [1.165, 1.54) is 19.3 Å². The molecule has 0 spiro atoms. The SMILES string of the molecule is COC(=O)C1=NC(=O)C(Cl)C=C1. The molecule has 5 heteroatoms. The lowest BCUT2D eigenvalue weighted by atomic mass is 10.2. The van der Waals surface area contributed by atoms with Crippen molar-refractivity contribution in [3.8, 4) is 0 Å². The van der Waals surface area contributed by atoms with Gasteiger partial charge in [0.15, 0.2) is 5.71 Å². The lowest BCUT2D eigenvalue weighted by Gasteiger charge is -2.05. The van der Waals surface area contributed by atoms with Gasteiger partial charge in [0, 0.05) is 0 Å². The van der Waals surface area contributed by atoms with Crippen molar-refractivity contribution in [3.05, 3.63) is 12.2 Å². The Morgan fingerprint density at radius 3 is 2.92 bits per heavy atom. The molecular formula is C7H6ClNO3. The second-order valence-corrected chi connectivity index (χ2v) is 2.56. The summed E-state index contributed by atoms with van der Waals surface area (Å²) in [6.07, 6.45) is 2.76. The summed E-state index contributed by atoms with van der Waals surface area (Å²) in [5.74, 6) is -1.18. The van der Waals surface area contributed by atoms with Gasteiger partial charge in [0.2, 0.25) is 0 Å². The summed E-state index contributed by atoms with van der Waals surface area (Å²) in [4.78, 5) is 25.1. The van der Waals surface area contributed by atoms with Crippen molar-refractivity contribution in [3.63, 3.8) is 0 Å². The zero-order chi connectivity index (χ0) is 9.14. The quantitative estimate of drug-likeness (QED) is 0.438. The fourth-order valence-electron chi connectivity index (χ4n) is 0.694. The molecule has 64 valence electrons. The van der Waals surface area contributed by atoms with Gasteiger partial charge in [-0.1, -0.05) is 6.08 Å². The van der Waals surface area contributed by atoms with Gasteiger partial charge in [-0.3, -0.25) is 4.79 Å². The molecule has 1 unspecified atom stereocenters. The average molecular weight is 188 g/mol. The van der Waals surface area contributed by atoms with E-state index in [0.717, 1.165) is 0 Å². The molecule has 0 N–H and O–H groups in total. The monoisotopic (exact) mass is 187 g/mol. The van der Waals surface area contributed by atoms with Crippen molar-refractivity contribution in [1.82, 2.24) is 0 Å². The number of aliphatic imine (C=N–C) groups is 1. The number of dihydropyridines is 1. The predicted molar refractivity (Wildman–Crippen MR) is 43.2 cm³/mol. The maximum absolute atomic E-state index is 10.8. The highest BCUT2D eigenvalue weighted by Crippen LogP contribution is 2.07. The minimum atomic E-state index is -0.765. The average Bonchev–Trinajstić information content (AvgIpc) is 2.08. The molecule has 0 aromatic carbocycles. The summed E-state index contributed by atoms with van der Waals surface area (Å²) < 4.78 is 4.36. The third-order valence-corrected chi connectivity index (χ3v) is 1.62. The van der Waals surface area contributed by atoms with E-state index in [0.29, 0.717) is 0 Å². The highest BCUT2D eigenvalue weighted by molar-refractivity contribution is 6.46. The van der Waals surface area contributed by atoms with Crippen molar-refractivity contribution < 1.29 is 14.3 Å². The summed E-state index contributed by atoms with van der Waals surface area (Å²) in [6, 6.07) is 0. The Hall–Kier alpha value is -1.16. The van der Waals surface area contributed by atoms with Gasteiger partial charge in [-0.2, -0.15) is 0 Å². The Labute approximate surface area is 73.9 Å². The molecule has 1 atom stereocenters. The van der Waals surface area contributed by atoms with Crippen LogP contribution in [0, 0.1) is 0 Å². The molecule has 1 amide bonds. The van der Waals surface area contributed by atoms with Crippen molar-refractivity contribution in [1.29, 1.82) is 0 Å². The Morgan fingerprint density at radius 1 is 1.75 bits per heavy atom. The van der Waals surface area contributed by atoms with Crippen molar-refractivity contribution >= 4 is 29.2 Å². The van der Waals surface area contributed by atoms with E-state index in [1.54, 1.807) is 0 Å². The molecule has 0 aromatic rings. The summed E-state index contributed by atoms with van der Waals surface area (Å²) in [5.41, 5.74) is -0.0144. The first kappa shape index (κ1) is 8.93. The second-order valence-electron chi connectivity index (χ2n) is 2.09. The molecule has 0 bridgehead atoms.